The highest BCUT2D eigenvalue weighted by Gasteiger charge is 2.48. The highest BCUT2D eigenvalue weighted by Crippen LogP contribution is 2.39. The number of halogens is 2. The Morgan fingerprint density at radius 2 is 1.05 bits per heavy atom. The Morgan fingerprint density at radius 3 is 1.51 bits per heavy atom. The Morgan fingerprint density at radius 1 is 0.585 bits per heavy atom. The third-order valence-corrected chi connectivity index (χ3v) is 19.2. The lowest BCUT2D eigenvalue weighted by molar-refractivity contribution is -0.145. The molecule has 0 spiro atoms. The van der Waals surface area contributed by atoms with E-state index in [1.165, 1.54) is 41.3 Å². The van der Waals surface area contributed by atoms with E-state index in [-0.39, 0.29) is 85.4 Å². The van der Waals surface area contributed by atoms with Crippen LogP contribution in [-0.2, 0) is 38.4 Å². The number of nitrogens with one attached hydrogen (secondary N) is 6. The average molecular weight is 1140 g/mol. The van der Waals surface area contributed by atoms with E-state index in [9.17, 15) is 47.1 Å². The molecule has 7 aliphatic rings. The molecule has 0 aromatic heterocycles. The molecule has 10 atom stereocenters. The molecule has 9 rings (SSSR count). The predicted molar refractivity (Wildman–Crippen MR) is 301 cm³/mol. The number of ketones is 1. The fourth-order valence-corrected chi connectivity index (χ4v) is 14.0. The van der Waals surface area contributed by atoms with E-state index in [0.717, 1.165) is 64.2 Å². The molecule has 448 valence electrons. The molecular formula is C62H86F2N8O10. The number of rotatable bonds is 19. The van der Waals surface area contributed by atoms with Crippen LogP contribution in [0.1, 0.15) is 172 Å². The second kappa shape index (κ2) is 27.5. The van der Waals surface area contributed by atoms with Gasteiger partial charge in [-0.2, -0.15) is 0 Å². The van der Waals surface area contributed by atoms with Crippen molar-refractivity contribution in [1.82, 2.24) is 41.7 Å². The van der Waals surface area contributed by atoms with Gasteiger partial charge in [0.2, 0.25) is 41.4 Å². The molecule has 3 saturated carbocycles. The van der Waals surface area contributed by atoms with Crippen LogP contribution in [0.15, 0.2) is 36.4 Å². The standard InChI is InChI=1S/C62H86F2N8O10/c1-5-35(2)56(74)70-55(38-14-10-7-11-15-38)62(80)72-34-44(31-51(72)60(78)69-49-25-27-82-54-23-21-42(64)29-47(49)54)67-58(76)40-18-16-39(17-19-40)57(75)66-43-30-50(59(77)68-48-24-26-81-53-22-20-41(63)28-46(48)53)71(33-43)61(79)45(32-52(73)36(3)65-4)37-12-8-6-9-13-37/h20-23,28-29,35-40,43-45,48-51,55,65H,5-19,24-27,30-34H2,1-4H3,(H,66,75)(H,67,76)(H,68,77)(H,69,78)(H,70,74)/t35-,36+,39?,40?,43+,44+,45+,48-,49-,50+,51+,55?/m1/s1. The Balaban J connectivity index is 0.862. The maximum atomic E-state index is 15.0. The quantitative estimate of drug-likeness (QED) is 0.0902. The van der Waals surface area contributed by atoms with E-state index < -0.39 is 89.5 Å². The van der Waals surface area contributed by atoms with Gasteiger partial charge in [0.1, 0.15) is 47.0 Å². The zero-order chi connectivity index (χ0) is 58.2. The van der Waals surface area contributed by atoms with Crippen LogP contribution in [0.4, 0.5) is 8.78 Å². The number of likely N-dealkylation sites (N-methyl/N-ethyl adjacent to an activating group) is 1. The molecule has 2 aromatic carbocycles. The van der Waals surface area contributed by atoms with Crippen molar-refractivity contribution in [2.45, 2.75) is 198 Å². The number of carbonyl (C=O) groups is 8. The van der Waals surface area contributed by atoms with Gasteiger partial charge in [0.15, 0.2) is 0 Å². The van der Waals surface area contributed by atoms with E-state index in [1.54, 1.807) is 18.9 Å². The van der Waals surface area contributed by atoms with Gasteiger partial charge in [0, 0.05) is 79.2 Å². The fraction of sp³-hybridized carbons (Fsp3) is 0.677. The van der Waals surface area contributed by atoms with Crippen LogP contribution >= 0.6 is 0 Å². The number of benzene rings is 2. The first-order valence-corrected chi connectivity index (χ1v) is 30.7. The zero-order valence-electron chi connectivity index (χ0n) is 48.3. The summed E-state index contributed by atoms with van der Waals surface area (Å²) in [6.45, 7) is 6.20. The van der Waals surface area contributed by atoms with Gasteiger partial charge in [-0.15, -0.1) is 0 Å². The number of ether oxygens (including phenoxy) is 2. The number of Topliss-reactive ketones (excluding diaryl/α,β-unsaturated/α-hetero) is 1. The lowest BCUT2D eigenvalue weighted by atomic mass is 9.76. The molecule has 0 radical (unpaired) electrons. The van der Waals surface area contributed by atoms with E-state index in [4.69, 9.17) is 9.47 Å². The molecule has 6 N–H and O–H groups in total. The van der Waals surface area contributed by atoms with Crippen LogP contribution in [0, 0.1) is 47.1 Å². The zero-order valence-corrected chi connectivity index (χ0v) is 48.3. The van der Waals surface area contributed by atoms with Gasteiger partial charge in [-0.3, -0.25) is 38.4 Å². The van der Waals surface area contributed by atoms with Crippen molar-refractivity contribution < 1.29 is 56.6 Å². The smallest absolute Gasteiger partial charge is 0.246 e. The molecule has 2 saturated heterocycles. The van der Waals surface area contributed by atoms with Crippen LogP contribution < -0.4 is 41.4 Å². The fourth-order valence-electron chi connectivity index (χ4n) is 14.0. The molecule has 4 aliphatic heterocycles. The maximum Gasteiger partial charge on any atom is 0.246 e. The molecule has 2 aromatic rings. The largest absolute Gasteiger partial charge is 0.493 e. The molecule has 20 heteroatoms. The molecular weight excluding hydrogens is 1050 g/mol. The molecule has 0 bridgehead atoms. The number of carbonyl (C=O) groups excluding carboxylic acids is 8. The van der Waals surface area contributed by atoms with Gasteiger partial charge < -0.3 is 51.2 Å². The average Bonchev–Trinajstić information content (AvgIpc) is 4.31. The molecule has 3 aliphatic carbocycles. The van der Waals surface area contributed by atoms with E-state index in [0.29, 0.717) is 80.8 Å². The van der Waals surface area contributed by atoms with Gasteiger partial charge in [0.25, 0.3) is 0 Å². The van der Waals surface area contributed by atoms with Crippen molar-refractivity contribution in [3.8, 4) is 11.5 Å². The Hall–Kier alpha value is -6.18. The number of hydrogen-bond acceptors (Lipinski definition) is 11. The second-order valence-corrected chi connectivity index (χ2v) is 24.6. The summed E-state index contributed by atoms with van der Waals surface area (Å²) in [6.07, 6.45) is 12.1. The SMILES string of the molecule is CC[C@@H](C)C(=O)NC(C(=O)N1C[C@@H](NC(=O)C2CCC(C(=O)N[C@H]3C[C@@H](C(=O)N[C@@H]4CCOc5ccc(F)cc54)N(C(=O)[C@@H](CC(=O)[C@H](C)NC)C4CCCCC4)C3)CC2)C[C@H]1C(=O)N[C@@H]1CCOc2ccc(F)cc21)C1CCCCC1. The molecule has 7 amide bonds. The summed E-state index contributed by atoms with van der Waals surface area (Å²) in [5.74, 6) is -4.40. The van der Waals surface area contributed by atoms with Crippen LogP contribution in [0.2, 0.25) is 0 Å². The van der Waals surface area contributed by atoms with Crippen LogP contribution in [0.5, 0.6) is 11.5 Å². The van der Waals surface area contributed by atoms with Crippen molar-refractivity contribution >= 4 is 47.1 Å². The summed E-state index contributed by atoms with van der Waals surface area (Å²) in [6, 6.07) is 2.71. The summed E-state index contributed by atoms with van der Waals surface area (Å²) >= 11 is 0. The number of likely N-dealkylation sites (tertiary alicyclic amines) is 2. The minimum absolute atomic E-state index is 0.0260. The first-order chi connectivity index (χ1) is 39.5. The summed E-state index contributed by atoms with van der Waals surface area (Å²) in [7, 11) is 1.70. The van der Waals surface area contributed by atoms with Gasteiger partial charge >= 0.3 is 0 Å². The maximum absolute atomic E-state index is 15.0. The highest BCUT2D eigenvalue weighted by atomic mass is 19.1. The normalized spacial score (nSPS) is 27.2. The van der Waals surface area contributed by atoms with Crippen molar-refractivity contribution in [2.24, 2.45) is 35.5 Å². The minimum Gasteiger partial charge on any atom is -0.493 e. The molecule has 1 unspecified atom stereocenters. The molecule has 82 heavy (non-hydrogen) atoms. The Kier molecular flexibility index (Phi) is 20.2. The van der Waals surface area contributed by atoms with Crippen molar-refractivity contribution in [3.63, 3.8) is 0 Å². The molecule has 4 heterocycles. The molecule has 5 fully saturated rings. The Bertz CT molecular complexity index is 2480. The van der Waals surface area contributed by atoms with Gasteiger partial charge in [-0.1, -0.05) is 52.4 Å². The Labute approximate surface area is 480 Å². The predicted octanol–water partition coefficient (Wildman–Crippen LogP) is 6.40. The van der Waals surface area contributed by atoms with E-state index in [2.05, 4.69) is 31.9 Å². The minimum atomic E-state index is -0.998. The van der Waals surface area contributed by atoms with Crippen LogP contribution in [0.3, 0.4) is 0 Å². The topological polar surface area (TPSA) is 234 Å². The van der Waals surface area contributed by atoms with Crippen LogP contribution in [-0.4, -0.2) is 127 Å². The third kappa shape index (κ3) is 14.2. The monoisotopic (exact) mass is 1140 g/mol. The number of amides is 7. The van der Waals surface area contributed by atoms with Crippen molar-refractivity contribution in [2.75, 3.05) is 33.4 Å². The van der Waals surface area contributed by atoms with E-state index in [1.807, 2.05) is 13.8 Å². The van der Waals surface area contributed by atoms with Gasteiger partial charge in [0.05, 0.1) is 31.3 Å². The molecule has 18 nitrogen and oxygen atoms in total. The van der Waals surface area contributed by atoms with Gasteiger partial charge in [-0.25, -0.2) is 8.78 Å². The van der Waals surface area contributed by atoms with Crippen molar-refractivity contribution in [3.05, 3.63) is 59.2 Å². The number of nitrogens with zero attached hydrogens (tertiary/aromatic N) is 2. The highest BCUT2D eigenvalue weighted by molar-refractivity contribution is 5.95. The summed E-state index contributed by atoms with van der Waals surface area (Å²) in [5, 5.41) is 18.6. The summed E-state index contributed by atoms with van der Waals surface area (Å²) in [4.78, 5) is 118. The number of hydrogen-bond donors (Lipinski definition) is 6. The first kappa shape index (κ1) is 60.4. The third-order valence-electron chi connectivity index (χ3n) is 19.2. The summed E-state index contributed by atoms with van der Waals surface area (Å²) < 4.78 is 40.6. The van der Waals surface area contributed by atoms with E-state index >= 15 is 0 Å². The van der Waals surface area contributed by atoms with Crippen LogP contribution in [0.25, 0.3) is 0 Å². The first-order valence-electron chi connectivity index (χ1n) is 30.7. The van der Waals surface area contributed by atoms with Crippen molar-refractivity contribution in [1.29, 1.82) is 0 Å². The second-order valence-electron chi connectivity index (χ2n) is 24.6. The lowest BCUT2D eigenvalue weighted by Crippen LogP contribution is -2.57. The lowest BCUT2D eigenvalue weighted by Gasteiger charge is -2.35. The number of fused-ring (bicyclic) bond motifs is 2. The van der Waals surface area contributed by atoms with Gasteiger partial charge in [-0.05, 0) is 133 Å². The summed E-state index contributed by atoms with van der Waals surface area (Å²) in [5.41, 5.74) is 1.00.